The summed E-state index contributed by atoms with van der Waals surface area (Å²) in [6.45, 7) is 1.72. The summed E-state index contributed by atoms with van der Waals surface area (Å²) in [5, 5.41) is 14.6. The summed E-state index contributed by atoms with van der Waals surface area (Å²) >= 11 is 0. The summed E-state index contributed by atoms with van der Waals surface area (Å²) in [6, 6.07) is 0. The highest BCUT2D eigenvalue weighted by Gasteiger charge is 2.34. The molecule has 0 radical (unpaired) electrons. The summed E-state index contributed by atoms with van der Waals surface area (Å²) in [7, 11) is 0. The van der Waals surface area contributed by atoms with E-state index in [1.807, 2.05) is 0 Å². The van der Waals surface area contributed by atoms with Gasteiger partial charge >= 0.3 is 0 Å². The lowest BCUT2D eigenvalue weighted by Crippen LogP contribution is -2.35. The zero-order valence-electron chi connectivity index (χ0n) is 6.58. The molecule has 4 heteroatoms. The predicted octanol–water partition coefficient (Wildman–Crippen LogP) is 1.92. The van der Waals surface area contributed by atoms with Gasteiger partial charge < -0.3 is 5.21 Å². The molecule has 1 N–H and O–H groups in total. The zero-order valence-corrected chi connectivity index (χ0v) is 6.58. The van der Waals surface area contributed by atoms with Gasteiger partial charge in [-0.1, -0.05) is 16.8 Å². The van der Waals surface area contributed by atoms with Crippen LogP contribution in [-0.4, -0.2) is 16.5 Å². The minimum Gasteiger partial charge on any atom is -0.411 e. The Hall–Kier alpha value is -0.930. The lowest BCUT2D eigenvalue weighted by atomic mass is 9.82. The van der Waals surface area contributed by atoms with Crippen LogP contribution in [0.4, 0.5) is 0 Å². The van der Waals surface area contributed by atoms with E-state index in [1.165, 1.54) is 0 Å². The maximum atomic E-state index is 10.4. The molecule has 0 saturated heterocycles. The quantitative estimate of drug-likeness (QED) is 0.358. The Morgan fingerprint density at radius 2 is 2.27 bits per heavy atom. The first kappa shape index (κ1) is 8.17. The van der Waals surface area contributed by atoms with E-state index in [0.29, 0.717) is 18.6 Å². The van der Waals surface area contributed by atoms with Gasteiger partial charge in [-0.3, -0.25) is 0 Å². The van der Waals surface area contributed by atoms with E-state index >= 15 is 0 Å². The molecule has 1 saturated carbocycles. The van der Waals surface area contributed by atoms with Crippen molar-refractivity contribution in [1.82, 2.24) is 0 Å². The molecule has 0 spiro atoms. The molecule has 0 bridgehead atoms. The van der Waals surface area contributed by atoms with Gasteiger partial charge in [0.25, 0.3) is 0 Å². The molecule has 0 aromatic carbocycles. The largest absolute Gasteiger partial charge is 0.411 e. The van der Waals surface area contributed by atoms with Gasteiger partial charge in [-0.25, -0.2) is 0 Å². The van der Waals surface area contributed by atoms with Crippen molar-refractivity contribution in [3.63, 3.8) is 0 Å². The maximum absolute atomic E-state index is 10.4. The van der Waals surface area contributed by atoms with Gasteiger partial charge in [0.05, 0.1) is 5.71 Å². The Balaban J connectivity index is 2.82. The third-order valence-electron chi connectivity index (χ3n) is 2.27. The molecule has 1 rings (SSSR count). The SMILES string of the molecule is C[C@@]1(N=O)CCCC/C1=N\O. The molecular weight excluding hydrogens is 144 g/mol. The Bertz CT molecular complexity index is 191. The minimum atomic E-state index is -0.743. The molecule has 0 unspecified atom stereocenters. The monoisotopic (exact) mass is 156 g/mol. The van der Waals surface area contributed by atoms with Crippen LogP contribution in [0.15, 0.2) is 10.3 Å². The Labute approximate surface area is 65.3 Å². The lowest BCUT2D eigenvalue weighted by Gasteiger charge is -2.26. The average Bonchev–Trinajstić information content (AvgIpc) is 2.05. The lowest BCUT2D eigenvalue weighted by molar-refractivity contribution is 0.306. The van der Waals surface area contributed by atoms with Crippen molar-refractivity contribution in [3.8, 4) is 0 Å². The first-order chi connectivity index (χ1) is 5.23. The van der Waals surface area contributed by atoms with Gasteiger partial charge in [0, 0.05) is 0 Å². The Morgan fingerprint density at radius 1 is 1.55 bits per heavy atom. The van der Waals surface area contributed by atoms with E-state index in [-0.39, 0.29) is 0 Å². The number of hydrogen-bond donors (Lipinski definition) is 1. The fraction of sp³-hybridized carbons (Fsp3) is 0.857. The van der Waals surface area contributed by atoms with Crippen LogP contribution >= 0.6 is 0 Å². The van der Waals surface area contributed by atoms with Gasteiger partial charge in [0.2, 0.25) is 0 Å². The van der Waals surface area contributed by atoms with Crippen molar-refractivity contribution in [1.29, 1.82) is 0 Å². The molecule has 0 aromatic heterocycles. The van der Waals surface area contributed by atoms with Crippen molar-refractivity contribution in [2.45, 2.75) is 38.1 Å². The van der Waals surface area contributed by atoms with Crippen LogP contribution in [0.1, 0.15) is 32.6 Å². The van der Waals surface area contributed by atoms with Gasteiger partial charge in [-0.15, -0.1) is 4.91 Å². The first-order valence-corrected chi connectivity index (χ1v) is 3.79. The molecule has 1 aliphatic carbocycles. The van der Waals surface area contributed by atoms with Crippen LogP contribution in [0, 0.1) is 4.91 Å². The summed E-state index contributed by atoms with van der Waals surface area (Å²) < 4.78 is 0. The molecule has 1 aliphatic rings. The number of rotatable bonds is 1. The van der Waals surface area contributed by atoms with Crippen molar-refractivity contribution < 1.29 is 5.21 Å². The minimum absolute atomic E-state index is 0.527. The smallest absolute Gasteiger partial charge is 0.141 e. The van der Waals surface area contributed by atoms with Crippen LogP contribution in [0.25, 0.3) is 0 Å². The Kier molecular flexibility index (Phi) is 2.22. The second-order valence-corrected chi connectivity index (χ2v) is 3.12. The highest BCUT2D eigenvalue weighted by atomic mass is 16.4. The van der Waals surface area contributed by atoms with Gasteiger partial charge in [-0.05, 0) is 26.2 Å². The van der Waals surface area contributed by atoms with E-state index in [2.05, 4.69) is 10.3 Å². The molecule has 4 nitrogen and oxygen atoms in total. The standard InChI is InChI=1S/C7H12N2O2/c1-7(9-11)5-3-2-4-6(7)8-10/h10H,2-5H2,1H3/b8-6+/t7-/m1/s1. The highest BCUT2D eigenvalue weighted by Crippen LogP contribution is 2.28. The fourth-order valence-corrected chi connectivity index (χ4v) is 1.43. The summed E-state index contributed by atoms with van der Waals surface area (Å²) in [6.07, 6.45) is 3.38. The topological polar surface area (TPSA) is 62.0 Å². The highest BCUT2D eigenvalue weighted by molar-refractivity contribution is 5.93. The molecular formula is C7H12N2O2. The molecule has 0 amide bonds. The number of nitrogens with zero attached hydrogens (tertiary/aromatic N) is 2. The van der Waals surface area contributed by atoms with Crippen LogP contribution in [0.5, 0.6) is 0 Å². The summed E-state index contributed by atoms with van der Waals surface area (Å²) in [4.78, 5) is 10.4. The molecule has 1 fully saturated rings. The molecule has 0 aromatic rings. The normalized spacial score (nSPS) is 35.5. The van der Waals surface area contributed by atoms with E-state index in [4.69, 9.17) is 5.21 Å². The second-order valence-electron chi connectivity index (χ2n) is 3.12. The van der Waals surface area contributed by atoms with Crippen LogP contribution in [0.3, 0.4) is 0 Å². The second kappa shape index (κ2) is 2.98. The molecule has 0 heterocycles. The van der Waals surface area contributed by atoms with Crippen molar-refractivity contribution in [3.05, 3.63) is 4.91 Å². The predicted molar refractivity (Wildman–Crippen MR) is 41.9 cm³/mol. The van der Waals surface area contributed by atoms with Gasteiger partial charge in [0.15, 0.2) is 0 Å². The summed E-state index contributed by atoms with van der Waals surface area (Å²) in [5.74, 6) is 0. The summed E-state index contributed by atoms with van der Waals surface area (Å²) in [5.41, 5.74) is -0.216. The first-order valence-electron chi connectivity index (χ1n) is 3.79. The third-order valence-corrected chi connectivity index (χ3v) is 2.27. The van der Waals surface area contributed by atoms with Gasteiger partial charge in [0.1, 0.15) is 5.54 Å². The molecule has 11 heavy (non-hydrogen) atoms. The average molecular weight is 156 g/mol. The van der Waals surface area contributed by atoms with E-state index in [1.54, 1.807) is 6.92 Å². The number of nitroso groups, excluding NO2 is 1. The molecule has 1 atom stereocenters. The van der Waals surface area contributed by atoms with Crippen molar-refractivity contribution in [2.75, 3.05) is 0 Å². The molecule has 62 valence electrons. The van der Waals surface area contributed by atoms with Crippen LogP contribution < -0.4 is 0 Å². The van der Waals surface area contributed by atoms with Crippen LogP contribution in [0.2, 0.25) is 0 Å². The zero-order chi connectivity index (χ0) is 8.32. The fourth-order valence-electron chi connectivity index (χ4n) is 1.43. The third kappa shape index (κ3) is 1.39. The number of oxime groups is 1. The number of hydrogen-bond acceptors (Lipinski definition) is 4. The maximum Gasteiger partial charge on any atom is 0.141 e. The van der Waals surface area contributed by atoms with E-state index < -0.39 is 5.54 Å². The molecule has 0 aliphatic heterocycles. The van der Waals surface area contributed by atoms with Crippen LogP contribution in [-0.2, 0) is 0 Å². The van der Waals surface area contributed by atoms with E-state index in [9.17, 15) is 4.91 Å². The van der Waals surface area contributed by atoms with E-state index in [0.717, 1.165) is 12.8 Å². The van der Waals surface area contributed by atoms with Crippen molar-refractivity contribution in [2.24, 2.45) is 10.3 Å². The Morgan fingerprint density at radius 3 is 2.73 bits per heavy atom. The van der Waals surface area contributed by atoms with Gasteiger partial charge in [-0.2, -0.15) is 0 Å². The van der Waals surface area contributed by atoms with Crippen molar-refractivity contribution >= 4 is 5.71 Å².